The third-order valence-corrected chi connectivity index (χ3v) is 5.99. The maximum Gasteiger partial charge on any atom is 0.322 e. The summed E-state index contributed by atoms with van der Waals surface area (Å²) in [5.74, 6) is 1.82. The van der Waals surface area contributed by atoms with Gasteiger partial charge in [-0.05, 0) is 68.7 Å². The van der Waals surface area contributed by atoms with Crippen molar-refractivity contribution in [2.75, 3.05) is 18.7 Å². The van der Waals surface area contributed by atoms with Crippen LogP contribution in [0.15, 0.2) is 59.2 Å². The molecule has 35 heavy (non-hydrogen) atoms. The SMILES string of the molecule is Cc1cccc(C)c1NC(=O)N(CC(=O)N(Cc1ccc2c(c1)OCO2)Cc1ccco1)C(C)C. The van der Waals surface area contributed by atoms with Crippen molar-refractivity contribution >= 4 is 17.6 Å². The van der Waals surface area contributed by atoms with Crippen LogP contribution in [0.25, 0.3) is 0 Å². The molecule has 3 amide bonds. The number of carbonyl (C=O) groups is 2. The molecule has 0 saturated heterocycles. The van der Waals surface area contributed by atoms with Crippen molar-refractivity contribution in [3.63, 3.8) is 0 Å². The zero-order valence-corrected chi connectivity index (χ0v) is 20.5. The molecular formula is C27H31N3O5. The molecule has 0 spiro atoms. The van der Waals surface area contributed by atoms with Crippen LogP contribution in [0, 0.1) is 13.8 Å². The molecule has 2 heterocycles. The Morgan fingerprint density at radius 1 is 0.971 bits per heavy atom. The molecule has 1 N–H and O–H groups in total. The van der Waals surface area contributed by atoms with Crippen molar-refractivity contribution in [1.29, 1.82) is 0 Å². The summed E-state index contributed by atoms with van der Waals surface area (Å²) in [6.07, 6.45) is 1.58. The van der Waals surface area contributed by atoms with Crippen LogP contribution in [0.5, 0.6) is 11.5 Å². The maximum absolute atomic E-state index is 13.5. The number of hydrogen-bond acceptors (Lipinski definition) is 5. The molecule has 0 atom stereocenters. The number of amides is 3. The van der Waals surface area contributed by atoms with E-state index in [1.165, 1.54) is 0 Å². The summed E-state index contributed by atoms with van der Waals surface area (Å²) in [5.41, 5.74) is 3.60. The largest absolute Gasteiger partial charge is 0.467 e. The number of rotatable bonds is 8. The van der Waals surface area contributed by atoms with Crippen LogP contribution in [0.3, 0.4) is 0 Å². The molecule has 1 aliphatic heterocycles. The Morgan fingerprint density at radius 2 is 1.71 bits per heavy atom. The van der Waals surface area contributed by atoms with Crippen molar-refractivity contribution in [1.82, 2.24) is 9.80 Å². The number of nitrogens with one attached hydrogen (secondary N) is 1. The first-order valence-corrected chi connectivity index (χ1v) is 11.6. The van der Waals surface area contributed by atoms with Crippen LogP contribution in [-0.2, 0) is 17.9 Å². The van der Waals surface area contributed by atoms with E-state index in [2.05, 4.69) is 5.32 Å². The van der Waals surface area contributed by atoms with Gasteiger partial charge in [-0.1, -0.05) is 24.3 Å². The molecule has 1 aromatic heterocycles. The number of aryl methyl sites for hydroxylation is 2. The van der Waals surface area contributed by atoms with E-state index in [0.29, 0.717) is 23.8 Å². The van der Waals surface area contributed by atoms with E-state index in [1.54, 1.807) is 22.1 Å². The van der Waals surface area contributed by atoms with E-state index in [9.17, 15) is 9.59 Å². The summed E-state index contributed by atoms with van der Waals surface area (Å²) < 4.78 is 16.4. The second-order valence-corrected chi connectivity index (χ2v) is 8.94. The van der Waals surface area contributed by atoms with Gasteiger partial charge in [-0.3, -0.25) is 4.79 Å². The predicted molar refractivity (Wildman–Crippen MR) is 132 cm³/mol. The van der Waals surface area contributed by atoms with Crippen molar-refractivity contribution in [3.8, 4) is 11.5 Å². The van der Waals surface area contributed by atoms with E-state index in [4.69, 9.17) is 13.9 Å². The highest BCUT2D eigenvalue weighted by Gasteiger charge is 2.25. The minimum Gasteiger partial charge on any atom is -0.467 e. The lowest BCUT2D eigenvalue weighted by atomic mass is 10.1. The lowest BCUT2D eigenvalue weighted by molar-refractivity contribution is -0.133. The first-order chi connectivity index (χ1) is 16.8. The Balaban J connectivity index is 1.52. The number of benzene rings is 2. The summed E-state index contributed by atoms with van der Waals surface area (Å²) in [7, 11) is 0. The summed E-state index contributed by atoms with van der Waals surface area (Å²) >= 11 is 0. The third-order valence-electron chi connectivity index (χ3n) is 5.99. The van der Waals surface area contributed by atoms with Crippen LogP contribution in [0.4, 0.5) is 10.5 Å². The van der Waals surface area contributed by atoms with Gasteiger partial charge in [-0.25, -0.2) is 4.79 Å². The van der Waals surface area contributed by atoms with Crippen LogP contribution < -0.4 is 14.8 Å². The fourth-order valence-electron chi connectivity index (χ4n) is 4.01. The van der Waals surface area contributed by atoms with Gasteiger partial charge in [-0.2, -0.15) is 0 Å². The molecular weight excluding hydrogens is 446 g/mol. The molecule has 0 unspecified atom stereocenters. The number of ether oxygens (including phenoxy) is 2. The fourth-order valence-corrected chi connectivity index (χ4v) is 4.01. The van der Waals surface area contributed by atoms with Crippen molar-refractivity contribution in [2.45, 2.75) is 46.8 Å². The number of carbonyl (C=O) groups excluding carboxylic acids is 2. The third kappa shape index (κ3) is 5.77. The van der Waals surface area contributed by atoms with Gasteiger partial charge in [0, 0.05) is 18.3 Å². The topological polar surface area (TPSA) is 84.3 Å². The zero-order chi connectivity index (χ0) is 24.9. The van der Waals surface area contributed by atoms with E-state index < -0.39 is 0 Å². The minimum absolute atomic E-state index is 0.0698. The number of fused-ring (bicyclic) bond motifs is 1. The van der Waals surface area contributed by atoms with Crippen molar-refractivity contribution < 1.29 is 23.5 Å². The molecule has 0 saturated carbocycles. The Hall–Kier alpha value is -3.94. The number of furan rings is 1. The fraction of sp³-hybridized carbons (Fsp3) is 0.333. The van der Waals surface area contributed by atoms with Gasteiger partial charge in [0.1, 0.15) is 12.3 Å². The molecule has 8 nitrogen and oxygen atoms in total. The highest BCUT2D eigenvalue weighted by atomic mass is 16.7. The average Bonchev–Trinajstić information content (AvgIpc) is 3.50. The van der Waals surface area contributed by atoms with Crippen molar-refractivity contribution in [3.05, 3.63) is 77.2 Å². The Labute approximate surface area is 205 Å². The molecule has 2 aromatic carbocycles. The first-order valence-electron chi connectivity index (χ1n) is 11.6. The summed E-state index contributed by atoms with van der Waals surface area (Å²) in [4.78, 5) is 30.0. The lowest BCUT2D eigenvalue weighted by Crippen LogP contribution is -2.47. The number of hydrogen-bond donors (Lipinski definition) is 1. The number of urea groups is 1. The maximum atomic E-state index is 13.5. The Bertz CT molecular complexity index is 1170. The number of para-hydroxylation sites is 1. The predicted octanol–water partition coefficient (Wildman–Crippen LogP) is 5.10. The van der Waals surface area contributed by atoms with Gasteiger partial charge in [0.25, 0.3) is 0 Å². The molecule has 3 aromatic rings. The molecule has 184 valence electrons. The lowest BCUT2D eigenvalue weighted by Gasteiger charge is -2.30. The van der Waals surface area contributed by atoms with E-state index in [-0.39, 0.29) is 37.9 Å². The highest BCUT2D eigenvalue weighted by molar-refractivity contribution is 5.93. The van der Waals surface area contributed by atoms with E-state index in [0.717, 1.165) is 22.4 Å². The summed E-state index contributed by atoms with van der Waals surface area (Å²) in [5, 5.41) is 3.00. The molecule has 0 bridgehead atoms. The smallest absolute Gasteiger partial charge is 0.322 e. The molecule has 0 fully saturated rings. The van der Waals surface area contributed by atoms with Crippen LogP contribution >= 0.6 is 0 Å². The summed E-state index contributed by atoms with van der Waals surface area (Å²) in [6, 6.07) is 14.6. The van der Waals surface area contributed by atoms with E-state index >= 15 is 0 Å². The van der Waals surface area contributed by atoms with Gasteiger partial charge < -0.3 is 29.0 Å². The zero-order valence-electron chi connectivity index (χ0n) is 20.5. The van der Waals surface area contributed by atoms with Gasteiger partial charge in [0.2, 0.25) is 12.7 Å². The number of anilines is 1. The average molecular weight is 478 g/mol. The van der Waals surface area contributed by atoms with E-state index in [1.807, 2.05) is 70.2 Å². The minimum atomic E-state index is -0.313. The monoisotopic (exact) mass is 477 g/mol. The molecule has 0 radical (unpaired) electrons. The standard InChI is InChI=1S/C27H31N3O5/c1-18(2)30(27(32)28-26-19(3)7-5-8-20(26)4)16-25(31)29(15-22-9-6-12-33-22)14-21-10-11-23-24(13-21)35-17-34-23/h5-13,18H,14-17H2,1-4H3,(H,28,32). The second kappa shape index (κ2) is 10.5. The molecule has 4 rings (SSSR count). The van der Waals surface area contributed by atoms with Gasteiger partial charge >= 0.3 is 6.03 Å². The van der Waals surface area contributed by atoms with Crippen LogP contribution in [0.2, 0.25) is 0 Å². The Kier molecular flexibility index (Phi) is 7.29. The van der Waals surface area contributed by atoms with Crippen LogP contribution in [-0.4, -0.2) is 41.1 Å². The summed E-state index contributed by atoms with van der Waals surface area (Å²) in [6.45, 7) is 8.42. The first kappa shape index (κ1) is 24.2. The normalized spacial score (nSPS) is 12.0. The quantitative estimate of drug-likeness (QED) is 0.488. The Morgan fingerprint density at radius 3 is 2.40 bits per heavy atom. The van der Waals surface area contributed by atoms with Crippen LogP contribution in [0.1, 0.15) is 36.3 Å². The molecule has 8 heteroatoms. The van der Waals surface area contributed by atoms with Gasteiger partial charge in [0.15, 0.2) is 11.5 Å². The molecule has 1 aliphatic rings. The number of nitrogens with zero attached hydrogens (tertiary/aromatic N) is 2. The van der Waals surface area contributed by atoms with Crippen molar-refractivity contribution in [2.24, 2.45) is 0 Å². The second-order valence-electron chi connectivity index (χ2n) is 8.94. The van der Waals surface area contributed by atoms with Gasteiger partial charge in [-0.15, -0.1) is 0 Å². The van der Waals surface area contributed by atoms with Gasteiger partial charge in [0.05, 0.1) is 12.8 Å². The highest BCUT2D eigenvalue weighted by Crippen LogP contribution is 2.33. The molecule has 0 aliphatic carbocycles.